The number of rotatable bonds is 8. The average Bonchev–Trinajstić information content (AvgIpc) is 2.66. The number of carbonyl (C=O) groups is 1. The normalized spacial score (nSPS) is 13.7. The molecule has 5 nitrogen and oxygen atoms in total. The summed E-state index contributed by atoms with van der Waals surface area (Å²) in [5, 5.41) is 9.55. The van der Waals surface area contributed by atoms with Crippen LogP contribution in [0.25, 0.3) is 0 Å². The summed E-state index contributed by atoms with van der Waals surface area (Å²) in [7, 11) is 0. The van der Waals surface area contributed by atoms with Crippen LogP contribution in [0.4, 0.5) is 10.1 Å². The van der Waals surface area contributed by atoms with Crippen molar-refractivity contribution < 1.29 is 9.18 Å². The maximum absolute atomic E-state index is 13.0. The second kappa shape index (κ2) is 12.5. The predicted octanol–water partition coefficient (Wildman–Crippen LogP) is 4.48. The van der Waals surface area contributed by atoms with E-state index in [0.717, 1.165) is 55.0 Å². The van der Waals surface area contributed by atoms with Crippen molar-refractivity contribution in [2.45, 2.75) is 39.2 Å². The van der Waals surface area contributed by atoms with Crippen LogP contribution < -0.4 is 16.0 Å². The summed E-state index contributed by atoms with van der Waals surface area (Å²) in [6.45, 7) is 4.00. The smallest absolute Gasteiger partial charge is 0.227 e. The van der Waals surface area contributed by atoms with Gasteiger partial charge in [0.25, 0.3) is 0 Å². The van der Waals surface area contributed by atoms with Crippen LogP contribution in [0.5, 0.6) is 0 Å². The molecule has 0 saturated heterocycles. The number of aliphatic imine (C=N–C) groups is 1. The van der Waals surface area contributed by atoms with E-state index in [1.807, 2.05) is 31.2 Å². The molecule has 0 aliphatic heterocycles. The minimum Gasteiger partial charge on any atom is -0.357 e. The van der Waals surface area contributed by atoms with Gasteiger partial charge in [0.05, 0.1) is 6.54 Å². The van der Waals surface area contributed by atoms with Crippen LogP contribution in [0.3, 0.4) is 0 Å². The van der Waals surface area contributed by atoms with Crippen molar-refractivity contribution in [3.63, 3.8) is 0 Å². The zero-order valence-corrected chi connectivity index (χ0v) is 19.6. The number of nitrogens with zero attached hydrogens (tertiary/aromatic N) is 1. The third kappa shape index (κ3) is 7.59. The fourth-order valence-electron chi connectivity index (χ4n) is 3.15. The molecule has 0 unspecified atom stereocenters. The lowest BCUT2D eigenvalue weighted by atomic mass is 9.85. The van der Waals surface area contributed by atoms with E-state index in [2.05, 4.69) is 20.9 Å². The first kappa shape index (κ1) is 24.1. The Hall–Kier alpha value is -2.16. The summed E-state index contributed by atoms with van der Waals surface area (Å²) in [4.78, 5) is 16.8. The molecule has 1 fully saturated rings. The van der Waals surface area contributed by atoms with Crippen molar-refractivity contribution in [2.75, 3.05) is 18.4 Å². The molecule has 0 atom stereocenters. The van der Waals surface area contributed by atoms with E-state index in [4.69, 9.17) is 0 Å². The minimum atomic E-state index is -0.220. The predicted molar refractivity (Wildman–Crippen MR) is 131 cm³/mol. The van der Waals surface area contributed by atoms with Gasteiger partial charge in [-0.1, -0.05) is 30.7 Å². The Labute approximate surface area is 195 Å². The fraction of sp³-hybridized carbons (Fsp3) is 0.391. The van der Waals surface area contributed by atoms with E-state index in [1.54, 1.807) is 12.1 Å². The standard InChI is InChI=1S/C23H29FN4O.HI/c1-2-25-23(26-14-13-17-9-11-20(24)12-10-17)27-16-18-5-3-8-21(15-18)28-22(29)19-6-4-7-19;/h3,5,8-12,15,19H,2,4,6-7,13-14,16H2,1H3,(H,28,29)(H2,25,26,27);1H. The summed E-state index contributed by atoms with van der Waals surface area (Å²) in [5.41, 5.74) is 2.93. The Kier molecular flexibility index (Phi) is 10.1. The zero-order valence-electron chi connectivity index (χ0n) is 17.3. The Balaban J connectivity index is 0.00000320. The fourth-order valence-corrected chi connectivity index (χ4v) is 3.15. The molecule has 1 aliphatic rings. The topological polar surface area (TPSA) is 65.5 Å². The van der Waals surface area contributed by atoms with Gasteiger partial charge in [-0.2, -0.15) is 0 Å². The highest BCUT2D eigenvalue weighted by atomic mass is 127. The molecule has 0 spiro atoms. The highest BCUT2D eigenvalue weighted by molar-refractivity contribution is 14.0. The van der Waals surface area contributed by atoms with E-state index in [0.29, 0.717) is 13.1 Å². The monoisotopic (exact) mass is 524 g/mol. The first-order valence-electron chi connectivity index (χ1n) is 10.3. The number of nitrogens with one attached hydrogen (secondary N) is 3. The number of anilines is 1. The molecule has 0 radical (unpaired) electrons. The van der Waals surface area contributed by atoms with Gasteiger partial charge in [0.1, 0.15) is 5.82 Å². The van der Waals surface area contributed by atoms with Crippen LogP contribution in [-0.4, -0.2) is 25.0 Å². The van der Waals surface area contributed by atoms with E-state index in [1.165, 1.54) is 12.1 Å². The highest BCUT2D eigenvalue weighted by Crippen LogP contribution is 2.27. The van der Waals surface area contributed by atoms with Crippen molar-refractivity contribution >= 4 is 41.5 Å². The maximum Gasteiger partial charge on any atom is 0.227 e. The minimum absolute atomic E-state index is 0. The lowest BCUT2D eigenvalue weighted by Gasteiger charge is -2.24. The number of guanidine groups is 1. The average molecular weight is 524 g/mol. The van der Waals surface area contributed by atoms with Gasteiger partial charge < -0.3 is 16.0 Å². The molecule has 1 aliphatic carbocycles. The largest absolute Gasteiger partial charge is 0.357 e. The molecule has 0 heterocycles. The molecule has 3 N–H and O–H groups in total. The van der Waals surface area contributed by atoms with Crippen LogP contribution >= 0.6 is 24.0 Å². The van der Waals surface area contributed by atoms with Crippen LogP contribution in [0, 0.1) is 11.7 Å². The molecule has 7 heteroatoms. The molecular weight excluding hydrogens is 494 g/mol. The van der Waals surface area contributed by atoms with E-state index < -0.39 is 0 Å². The molecule has 1 amide bonds. The van der Waals surface area contributed by atoms with Gasteiger partial charge in [-0.3, -0.25) is 4.79 Å². The summed E-state index contributed by atoms with van der Waals surface area (Å²) >= 11 is 0. The quantitative estimate of drug-likeness (QED) is 0.271. The Morgan fingerprint density at radius 1 is 1.10 bits per heavy atom. The molecular formula is C23H30FIN4O. The third-order valence-electron chi connectivity index (χ3n) is 5.05. The number of carbonyl (C=O) groups excluding carboxylic acids is 1. The van der Waals surface area contributed by atoms with Gasteiger partial charge in [-0.25, -0.2) is 9.38 Å². The number of amides is 1. The van der Waals surface area contributed by atoms with Crippen molar-refractivity contribution in [1.82, 2.24) is 10.6 Å². The summed E-state index contributed by atoms with van der Waals surface area (Å²) in [6.07, 6.45) is 3.92. The third-order valence-corrected chi connectivity index (χ3v) is 5.05. The van der Waals surface area contributed by atoms with E-state index >= 15 is 0 Å². The lowest BCUT2D eigenvalue weighted by Crippen LogP contribution is -2.38. The van der Waals surface area contributed by atoms with Crippen LogP contribution in [0.1, 0.15) is 37.3 Å². The first-order chi connectivity index (χ1) is 14.1. The van der Waals surface area contributed by atoms with E-state index in [9.17, 15) is 9.18 Å². The van der Waals surface area contributed by atoms with Gasteiger partial charge in [-0.05, 0) is 61.6 Å². The SMILES string of the molecule is CCNC(=NCc1cccc(NC(=O)C2CCC2)c1)NCCc1ccc(F)cc1.I. The molecule has 1 saturated carbocycles. The molecule has 2 aromatic carbocycles. The van der Waals surface area contributed by atoms with Gasteiger partial charge >= 0.3 is 0 Å². The molecule has 0 aromatic heterocycles. The van der Waals surface area contributed by atoms with Gasteiger partial charge in [0, 0.05) is 24.7 Å². The number of halogens is 2. The van der Waals surface area contributed by atoms with Crippen LogP contribution in [0.2, 0.25) is 0 Å². The molecule has 0 bridgehead atoms. The van der Waals surface area contributed by atoms with Gasteiger partial charge in [0.2, 0.25) is 5.91 Å². The first-order valence-corrected chi connectivity index (χ1v) is 10.3. The molecule has 30 heavy (non-hydrogen) atoms. The zero-order chi connectivity index (χ0) is 20.5. The lowest BCUT2D eigenvalue weighted by molar-refractivity contribution is -0.122. The van der Waals surface area contributed by atoms with Crippen molar-refractivity contribution in [1.29, 1.82) is 0 Å². The highest BCUT2D eigenvalue weighted by Gasteiger charge is 2.25. The van der Waals surface area contributed by atoms with Gasteiger partial charge in [-0.15, -0.1) is 24.0 Å². The molecule has 2 aromatic rings. The van der Waals surface area contributed by atoms with Gasteiger partial charge in [0.15, 0.2) is 5.96 Å². The molecule has 162 valence electrons. The second-order valence-corrected chi connectivity index (χ2v) is 7.32. The summed E-state index contributed by atoms with van der Waals surface area (Å²) < 4.78 is 13.0. The van der Waals surface area contributed by atoms with Crippen molar-refractivity contribution in [3.05, 3.63) is 65.5 Å². The summed E-state index contributed by atoms with van der Waals surface area (Å²) in [6, 6.07) is 14.4. The van der Waals surface area contributed by atoms with Crippen LogP contribution in [-0.2, 0) is 17.8 Å². The maximum atomic E-state index is 13.0. The van der Waals surface area contributed by atoms with Crippen molar-refractivity contribution in [2.24, 2.45) is 10.9 Å². The Morgan fingerprint density at radius 2 is 1.87 bits per heavy atom. The Morgan fingerprint density at radius 3 is 2.53 bits per heavy atom. The summed E-state index contributed by atoms with van der Waals surface area (Å²) in [5.74, 6) is 0.802. The second-order valence-electron chi connectivity index (χ2n) is 7.32. The Bertz CT molecular complexity index is 837. The van der Waals surface area contributed by atoms with E-state index in [-0.39, 0.29) is 41.6 Å². The van der Waals surface area contributed by atoms with Crippen molar-refractivity contribution in [3.8, 4) is 0 Å². The number of benzene rings is 2. The number of hydrogen-bond donors (Lipinski definition) is 3. The molecule has 3 rings (SSSR count). The number of hydrogen-bond acceptors (Lipinski definition) is 2. The van der Waals surface area contributed by atoms with Crippen LogP contribution in [0.15, 0.2) is 53.5 Å².